The van der Waals surface area contributed by atoms with Crippen LogP contribution in [-0.2, 0) is 17.6 Å². The summed E-state index contributed by atoms with van der Waals surface area (Å²) in [6, 6.07) is 17.0. The minimum Gasteiger partial charge on any atom is -0.491 e. The Balaban J connectivity index is 1.37. The molecule has 2 aromatic carbocycles. The fourth-order valence-electron chi connectivity index (χ4n) is 4.21. The maximum Gasteiger partial charge on any atom is 0.286 e. The molecular weight excluding hydrogens is 408 g/mol. The van der Waals surface area contributed by atoms with Crippen LogP contribution in [-0.4, -0.2) is 35.6 Å². The van der Waals surface area contributed by atoms with Crippen LogP contribution >= 0.6 is 11.8 Å². The maximum atomic E-state index is 11.8. The van der Waals surface area contributed by atoms with E-state index in [9.17, 15) is 9.59 Å². The molecule has 31 heavy (non-hydrogen) atoms. The van der Waals surface area contributed by atoms with Gasteiger partial charge in [0.05, 0.1) is 11.3 Å². The third kappa shape index (κ3) is 5.42. The highest BCUT2D eigenvalue weighted by Crippen LogP contribution is 2.31. The summed E-state index contributed by atoms with van der Waals surface area (Å²) in [5.41, 5.74) is 3.80. The largest absolute Gasteiger partial charge is 0.491 e. The number of anilines is 1. The van der Waals surface area contributed by atoms with Crippen molar-refractivity contribution in [1.29, 1.82) is 0 Å². The molecule has 5 nitrogen and oxygen atoms in total. The molecule has 2 aliphatic heterocycles. The van der Waals surface area contributed by atoms with Crippen LogP contribution in [0.25, 0.3) is 0 Å². The number of fused-ring (bicyclic) bond motifs is 1. The van der Waals surface area contributed by atoms with Crippen LogP contribution < -0.4 is 15.0 Å². The fourth-order valence-corrected chi connectivity index (χ4v) is 5.07. The van der Waals surface area contributed by atoms with Gasteiger partial charge in [0.25, 0.3) is 5.24 Å². The van der Waals surface area contributed by atoms with E-state index < -0.39 is 0 Å². The van der Waals surface area contributed by atoms with Gasteiger partial charge in [-0.15, -0.1) is 0 Å². The van der Waals surface area contributed by atoms with Gasteiger partial charge >= 0.3 is 0 Å². The summed E-state index contributed by atoms with van der Waals surface area (Å²) in [7, 11) is 0. The number of para-hydroxylation sites is 1. The molecule has 0 aliphatic carbocycles. The Kier molecular flexibility index (Phi) is 6.86. The normalized spacial score (nSPS) is 20.7. The highest BCUT2D eigenvalue weighted by Gasteiger charge is 2.31. The van der Waals surface area contributed by atoms with Crippen molar-refractivity contribution in [3.8, 4) is 5.75 Å². The van der Waals surface area contributed by atoms with Crippen LogP contribution in [0.2, 0.25) is 0 Å². The molecule has 2 aromatic rings. The minimum atomic E-state index is -0.337. The van der Waals surface area contributed by atoms with Gasteiger partial charge in [-0.1, -0.05) is 55.9 Å². The summed E-state index contributed by atoms with van der Waals surface area (Å²) in [4.78, 5) is 25.6. The third-order valence-corrected chi connectivity index (χ3v) is 6.97. The summed E-state index contributed by atoms with van der Waals surface area (Å²) in [5.74, 6) is 1.30. The second kappa shape index (κ2) is 9.77. The first kappa shape index (κ1) is 21.8. The number of ether oxygens (including phenoxy) is 1. The van der Waals surface area contributed by atoms with Crippen molar-refractivity contribution < 1.29 is 14.3 Å². The molecule has 1 saturated heterocycles. The van der Waals surface area contributed by atoms with E-state index in [1.54, 1.807) is 0 Å². The van der Waals surface area contributed by atoms with E-state index in [1.165, 1.54) is 11.3 Å². The minimum absolute atomic E-state index is 0.200. The Morgan fingerprint density at radius 1 is 1.13 bits per heavy atom. The molecule has 0 bridgehead atoms. The van der Waals surface area contributed by atoms with Crippen LogP contribution in [0.5, 0.6) is 5.75 Å². The zero-order valence-electron chi connectivity index (χ0n) is 18.2. The lowest BCUT2D eigenvalue weighted by atomic mass is 9.95. The number of aryl methyl sites for hydroxylation is 1. The molecule has 4 rings (SSSR count). The molecule has 0 aromatic heterocycles. The van der Waals surface area contributed by atoms with E-state index in [0.29, 0.717) is 25.0 Å². The van der Waals surface area contributed by atoms with Crippen molar-refractivity contribution in [2.75, 3.05) is 18.1 Å². The number of imide groups is 1. The van der Waals surface area contributed by atoms with Crippen LogP contribution in [0.4, 0.5) is 10.5 Å². The highest BCUT2D eigenvalue weighted by molar-refractivity contribution is 8.15. The quantitative estimate of drug-likeness (QED) is 0.640. The predicted octanol–water partition coefficient (Wildman–Crippen LogP) is 4.83. The second-order valence-electron chi connectivity index (χ2n) is 8.74. The Morgan fingerprint density at radius 2 is 1.90 bits per heavy atom. The molecule has 6 heteroatoms. The molecule has 0 spiro atoms. The molecule has 164 valence electrons. The third-order valence-electron chi connectivity index (χ3n) is 5.99. The number of benzene rings is 2. The van der Waals surface area contributed by atoms with Gasteiger partial charge in [-0.05, 0) is 60.9 Å². The molecule has 0 radical (unpaired) electrons. The van der Waals surface area contributed by atoms with Crippen molar-refractivity contribution >= 4 is 28.6 Å². The Bertz CT molecular complexity index is 929. The van der Waals surface area contributed by atoms with Crippen LogP contribution in [0.1, 0.15) is 37.8 Å². The van der Waals surface area contributed by atoms with Crippen molar-refractivity contribution in [2.45, 2.75) is 50.8 Å². The topological polar surface area (TPSA) is 58.6 Å². The van der Waals surface area contributed by atoms with Gasteiger partial charge in [0, 0.05) is 12.2 Å². The lowest BCUT2D eigenvalue weighted by molar-refractivity contribution is -0.118. The highest BCUT2D eigenvalue weighted by atomic mass is 32.2. The number of hydrogen-bond acceptors (Lipinski definition) is 5. The van der Waals surface area contributed by atoms with E-state index in [0.717, 1.165) is 48.9 Å². The van der Waals surface area contributed by atoms with Crippen LogP contribution in [0.15, 0.2) is 48.5 Å². The van der Waals surface area contributed by atoms with Gasteiger partial charge in [0.1, 0.15) is 12.4 Å². The number of nitrogens with zero attached hydrogens (tertiary/aromatic N) is 1. The Morgan fingerprint density at radius 3 is 2.61 bits per heavy atom. The molecular formula is C25H30N2O3S. The fraction of sp³-hybridized carbons (Fsp3) is 0.440. The van der Waals surface area contributed by atoms with E-state index in [4.69, 9.17) is 4.74 Å². The number of carbonyl (C=O) groups excluding carboxylic acids is 2. The molecule has 2 unspecified atom stereocenters. The van der Waals surface area contributed by atoms with E-state index in [1.807, 2.05) is 24.3 Å². The average Bonchev–Trinajstić information content (AvgIpc) is 3.08. The van der Waals surface area contributed by atoms with Crippen molar-refractivity contribution in [2.24, 2.45) is 5.92 Å². The molecule has 2 aliphatic rings. The number of hydrogen-bond donors (Lipinski definition) is 1. The van der Waals surface area contributed by atoms with Gasteiger partial charge in [-0.3, -0.25) is 14.9 Å². The summed E-state index contributed by atoms with van der Waals surface area (Å²) >= 11 is 1.07. The average molecular weight is 439 g/mol. The summed E-state index contributed by atoms with van der Waals surface area (Å²) < 4.78 is 6.18. The van der Waals surface area contributed by atoms with Gasteiger partial charge in [0.2, 0.25) is 5.91 Å². The zero-order chi connectivity index (χ0) is 21.8. The van der Waals surface area contributed by atoms with Gasteiger partial charge in [0.15, 0.2) is 0 Å². The summed E-state index contributed by atoms with van der Waals surface area (Å²) in [5, 5.41) is 1.74. The standard InChI is InChI=1S/C25H30N2O3S/c1-17(2)13-14-27-20(10-9-19-5-3-4-6-22(19)27)16-30-21-11-7-18(8-12-21)15-23-24(28)26-25(29)31-23/h3-8,11-12,17,20,23H,9-10,13-16H2,1-2H3,(H,26,28,29). The first-order valence-electron chi connectivity index (χ1n) is 11.1. The predicted molar refractivity (Wildman–Crippen MR) is 126 cm³/mol. The smallest absolute Gasteiger partial charge is 0.286 e. The van der Waals surface area contributed by atoms with Crippen molar-refractivity contribution in [3.63, 3.8) is 0 Å². The molecule has 2 heterocycles. The first-order valence-corrected chi connectivity index (χ1v) is 12.0. The zero-order valence-corrected chi connectivity index (χ0v) is 19.0. The van der Waals surface area contributed by atoms with Crippen molar-refractivity contribution in [3.05, 3.63) is 59.7 Å². The van der Waals surface area contributed by atoms with Crippen LogP contribution in [0.3, 0.4) is 0 Å². The lowest BCUT2D eigenvalue weighted by Crippen LogP contribution is -2.44. The summed E-state index contributed by atoms with van der Waals surface area (Å²) in [6.45, 7) is 6.24. The lowest BCUT2D eigenvalue weighted by Gasteiger charge is -2.39. The second-order valence-corrected chi connectivity index (χ2v) is 9.91. The number of thioether (sulfide) groups is 1. The Hall–Kier alpha value is -2.47. The molecule has 2 atom stereocenters. The molecule has 1 fully saturated rings. The van der Waals surface area contributed by atoms with Crippen molar-refractivity contribution in [1.82, 2.24) is 5.32 Å². The van der Waals surface area contributed by atoms with Gasteiger partial charge < -0.3 is 9.64 Å². The van der Waals surface area contributed by atoms with E-state index in [2.05, 4.69) is 48.3 Å². The number of nitrogens with one attached hydrogen (secondary N) is 1. The van der Waals surface area contributed by atoms with E-state index >= 15 is 0 Å². The van der Waals surface area contributed by atoms with Gasteiger partial charge in [-0.2, -0.15) is 0 Å². The monoisotopic (exact) mass is 438 g/mol. The van der Waals surface area contributed by atoms with E-state index in [-0.39, 0.29) is 16.4 Å². The SMILES string of the molecule is CC(C)CCN1c2ccccc2CCC1COc1ccc(CC2SC(=O)NC2=O)cc1. The number of amides is 2. The summed E-state index contributed by atoms with van der Waals surface area (Å²) in [6.07, 6.45) is 3.89. The Labute approximate surface area is 188 Å². The molecule has 2 amide bonds. The molecule has 1 N–H and O–H groups in total. The van der Waals surface area contributed by atoms with Crippen LogP contribution in [0, 0.1) is 5.92 Å². The maximum absolute atomic E-state index is 11.8. The first-order chi connectivity index (χ1) is 15.0. The number of carbonyl (C=O) groups is 2. The number of rotatable bonds is 8. The molecule has 0 saturated carbocycles. The van der Waals surface area contributed by atoms with Gasteiger partial charge in [-0.25, -0.2) is 0 Å².